The molecule has 1 amide bonds. The molecule has 1 aromatic carbocycles. The van der Waals surface area contributed by atoms with Gasteiger partial charge in [-0.1, -0.05) is 24.4 Å². The van der Waals surface area contributed by atoms with Gasteiger partial charge in [0.25, 0.3) is 0 Å². The van der Waals surface area contributed by atoms with Crippen LogP contribution in [0.1, 0.15) is 25.7 Å². The number of sulfone groups is 1. The molecule has 0 spiro atoms. The fourth-order valence-electron chi connectivity index (χ4n) is 2.86. The number of hydrogen-bond acceptors (Lipinski definition) is 4. The number of carbonyl (C=O) groups excluding carboxylic acids is 1. The molecule has 9 heteroatoms. The molecular weight excluding hydrogens is 361 g/mol. The van der Waals surface area contributed by atoms with Gasteiger partial charge in [0.1, 0.15) is 6.67 Å². The summed E-state index contributed by atoms with van der Waals surface area (Å²) in [6, 6.07) is 3.63. The van der Waals surface area contributed by atoms with Gasteiger partial charge in [-0.05, 0) is 37.1 Å². The zero-order valence-electron chi connectivity index (χ0n) is 12.7. The molecule has 1 aliphatic rings. The van der Waals surface area contributed by atoms with E-state index in [4.69, 9.17) is 16.7 Å². The van der Waals surface area contributed by atoms with E-state index in [-0.39, 0.29) is 17.7 Å². The molecule has 0 saturated heterocycles. The van der Waals surface area contributed by atoms with E-state index >= 15 is 0 Å². The molecule has 1 atom stereocenters. The molecule has 0 aromatic heterocycles. The Hall–Kier alpha value is -1.67. The summed E-state index contributed by atoms with van der Waals surface area (Å²) in [7, 11) is -4.08. The predicted molar refractivity (Wildman–Crippen MR) is 85.4 cm³/mol. The van der Waals surface area contributed by atoms with Gasteiger partial charge in [-0.2, -0.15) is 0 Å². The molecule has 2 N–H and O–H groups in total. The molecular formula is C15H17ClFNO5S. The number of benzene rings is 1. The first-order chi connectivity index (χ1) is 11.2. The SMILES string of the molecule is O=C(O)C(CF)NC(=O)C1(S(=O)(=O)c2ccc(Cl)cc2)CCCC1. The number of rotatable bonds is 6. The van der Waals surface area contributed by atoms with Crippen molar-refractivity contribution in [1.29, 1.82) is 0 Å². The third kappa shape index (κ3) is 3.25. The predicted octanol–water partition coefficient (Wildman–Crippen LogP) is 1.97. The lowest BCUT2D eigenvalue weighted by Crippen LogP contribution is -2.55. The normalized spacial score (nSPS) is 18.1. The summed E-state index contributed by atoms with van der Waals surface area (Å²) >= 11 is 5.76. The molecule has 1 saturated carbocycles. The van der Waals surface area contributed by atoms with Gasteiger partial charge in [-0.15, -0.1) is 0 Å². The second-order valence-electron chi connectivity index (χ2n) is 5.68. The summed E-state index contributed by atoms with van der Waals surface area (Å²) in [4.78, 5) is 23.4. The van der Waals surface area contributed by atoms with E-state index in [1.165, 1.54) is 24.3 Å². The number of nitrogens with one attached hydrogen (secondary N) is 1. The first-order valence-electron chi connectivity index (χ1n) is 7.34. The van der Waals surface area contributed by atoms with Crippen molar-refractivity contribution in [3.05, 3.63) is 29.3 Å². The summed E-state index contributed by atoms with van der Waals surface area (Å²) in [5.41, 5.74) is 0. The number of carboxylic acid groups (broad SMARTS) is 1. The van der Waals surface area contributed by atoms with Crippen LogP contribution in [0.3, 0.4) is 0 Å². The molecule has 2 rings (SSSR count). The highest BCUT2D eigenvalue weighted by Gasteiger charge is 2.53. The summed E-state index contributed by atoms with van der Waals surface area (Å²) in [5.74, 6) is -2.53. The molecule has 0 aliphatic heterocycles. The second-order valence-corrected chi connectivity index (χ2v) is 8.37. The van der Waals surface area contributed by atoms with Gasteiger partial charge in [0.05, 0.1) is 4.90 Å². The Balaban J connectivity index is 2.41. The zero-order chi connectivity index (χ0) is 18.0. The topological polar surface area (TPSA) is 101 Å². The molecule has 1 unspecified atom stereocenters. The molecule has 0 heterocycles. The van der Waals surface area contributed by atoms with Crippen LogP contribution in [-0.4, -0.2) is 42.9 Å². The molecule has 1 aromatic rings. The second kappa shape index (κ2) is 7.06. The third-order valence-electron chi connectivity index (χ3n) is 4.22. The monoisotopic (exact) mass is 377 g/mol. The number of amides is 1. The van der Waals surface area contributed by atoms with Crippen LogP contribution in [0.5, 0.6) is 0 Å². The van der Waals surface area contributed by atoms with Crippen LogP contribution >= 0.6 is 11.6 Å². The minimum absolute atomic E-state index is 0.0580. The summed E-state index contributed by atoms with van der Waals surface area (Å²) in [5, 5.41) is 11.2. The van der Waals surface area contributed by atoms with Crippen LogP contribution in [-0.2, 0) is 19.4 Å². The lowest BCUT2D eigenvalue weighted by molar-refractivity contribution is -0.142. The highest BCUT2D eigenvalue weighted by molar-refractivity contribution is 7.93. The number of aliphatic carboxylic acids is 1. The quantitative estimate of drug-likeness (QED) is 0.789. The van der Waals surface area contributed by atoms with Gasteiger partial charge in [0.2, 0.25) is 5.91 Å². The molecule has 1 aliphatic carbocycles. The summed E-state index contributed by atoms with van der Waals surface area (Å²) in [6.45, 7) is -1.32. The Bertz CT molecular complexity index is 729. The van der Waals surface area contributed by atoms with Crippen LogP contribution in [0, 0.1) is 0 Å². The highest BCUT2D eigenvalue weighted by atomic mass is 35.5. The van der Waals surface area contributed by atoms with Gasteiger partial charge >= 0.3 is 5.97 Å². The Morgan fingerprint density at radius 2 is 1.79 bits per heavy atom. The molecule has 0 bridgehead atoms. The van der Waals surface area contributed by atoms with Crippen LogP contribution < -0.4 is 5.32 Å². The first kappa shape index (κ1) is 18.7. The van der Waals surface area contributed by atoms with Crippen LogP contribution in [0.2, 0.25) is 5.02 Å². The Labute approximate surface area is 143 Å². The fourth-order valence-corrected chi connectivity index (χ4v) is 5.06. The number of carbonyl (C=O) groups is 2. The molecule has 0 radical (unpaired) electrons. The maximum atomic E-state index is 13.0. The highest BCUT2D eigenvalue weighted by Crippen LogP contribution is 2.41. The van der Waals surface area contributed by atoms with Crippen molar-refractivity contribution < 1.29 is 27.5 Å². The Morgan fingerprint density at radius 3 is 2.25 bits per heavy atom. The Morgan fingerprint density at radius 1 is 1.25 bits per heavy atom. The van der Waals surface area contributed by atoms with Crippen molar-refractivity contribution in [2.75, 3.05) is 6.67 Å². The summed E-state index contributed by atoms with van der Waals surface area (Å²) in [6.07, 6.45) is 1.13. The minimum atomic E-state index is -4.08. The molecule has 1 fully saturated rings. The van der Waals surface area contributed by atoms with E-state index < -0.39 is 39.2 Å². The third-order valence-corrected chi connectivity index (χ3v) is 6.99. The number of carboxylic acids is 1. The van der Waals surface area contributed by atoms with Crippen molar-refractivity contribution in [2.45, 2.75) is 41.4 Å². The maximum Gasteiger partial charge on any atom is 0.328 e. The van der Waals surface area contributed by atoms with Gasteiger partial charge in [-0.25, -0.2) is 17.6 Å². The average Bonchev–Trinajstić information content (AvgIpc) is 3.04. The smallest absolute Gasteiger partial charge is 0.328 e. The van der Waals surface area contributed by atoms with E-state index in [2.05, 4.69) is 0 Å². The Kier molecular flexibility index (Phi) is 5.49. The van der Waals surface area contributed by atoms with E-state index in [1.54, 1.807) is 0 Å². The van der Waals surface area contributed by atoms with Crippen LogP contribution in [0.15, 0.2) is 29.2 Å². The van der Waals surface area contributed by atoms with Crippen LogP contribution in [0.25, 0.3) is 0 Å². The van der Waals surface area contributed by atoms with Crippen molar-refractivity contribution >= 4 is 33.3 Å². The zero-order valence-corrected chi connectivity index (χ0v) is 14.2. The van der Waals surface area contributed by atoms with E-state index in [0.717, 1.165) is 0 Å². The fraction of sp³-hybridized carbons (Fsp3) is 0.467. The lowest BCUT2D eigenvalue weighted by atomic mass is 10.1. The van der Waals surface area contributed by atoms with Crippen molar-refractivity contribution in [2.24, 2.45) is 0 Å². The molecule has 132 valence electrons. The van der Waals surface area contributed by atoms with Crippen molar-refractivity contribution in [3.8, 4) is 0 Å². The number of halogens is 2. The van der Waals surface area contributed by atoms with Crippen molar-refractivity contribution in [3.63, 3.8) is 0 Å². The first-order valence-corrected chi connectivity index (χ1v) is 9.20. The largest absolute Gasteiger partial charge is 0.480 e. The van der Waals surface area contributed by atoms with E-state index in [9.17, 15) is 22.4 Å². The summed E-state index contributed by atoms with van der Waals surface area (Å²) < 4.78 is 37.0. The van der Waals surface area contributed by atoms with Gasteiger partial charge in [-0.3, -0.25) is 4.79 Å². The van der Waals surface area contributed by atoms with Gasteiger partial charge in [0, 0.05) is 5.02 Å². The van der Waals surface area contributed by atoms with Gasteiger partial charge < -0.3 is 10.4 Å². The van der Waals surface area contributed by atoms with Crippen LogP contribution in [0.4, 0.5) is 4.39 Å². The number of hydrogen-bond donors (Lipinski definition) is 2. The number of alkyl halides is 1. The minimum Gasteiger partial charge on any atom is -0.480 e. The standard InChI is InChI=1S/C15H17ClFNO5S/c16-10-3-5-11(6-4-10)24(22,23)15(7-1-2-8-15)14(21)18-12(9-17)13(19)20/h3-6,12H,1-2,7-9H2,(H,18,21)(H,19,20). The maximum absolute atomic E-state index is 13.0. The van der Waals surface area contributed by atoms with Crippen molar-refractivity contribution in [1.82, 2.24) is 5.32 Å². The molecule has 6 nitrogen and oxygen atoms in total. The molecule has 24 heavy (non-hydrogen) atoms. The average molecular weight is 378 g/mol. The van der Waals surface area contributed by atoms with E-state index in [0.29, 0.717) is 17.9 Å². The van der Waals surface area contributed by atoms with Gasteiger partial charge in [0.15, 0.2) is 20.6 Å². The lowest BCUT2D eigenvalue weighted by Gasteiger charge is -2.28. The van der Waals surface area contributed by atoms with E-state index in [1.807, 2.05) is 5.32 Å².